The second-order valence-electron chi connectivity index (χ2n) is 10.6. The molecule has 1 nitrogen and oxygen atoms in total. The first kappa shape index (κ1) is 22.1. The van der Waals surface area contributed by atoms with Crippen LogP contribution in [0.4, 0.5) is 0 Å². The van der Waals surface area contributed by atoms with Gasteiger partial charge < -0.3 is 4.57 Å². The number of benzene rings is 6. The van der Waals surface area contributed by atoms with Crippen molar-refractivity contribution in [3.05, 3.63) is 168 Å². The maximum Gasteiger partial charge on any atom is 0.0713 e. The highest BCUT2D eigenvalue weighted by molar-refractivity contribution is 6.12. The zero-order chi connectivity index (χ0) is 26.0. The van der Waals surface area contributed by atoms with Gasteiger partial charge in [-0.25, -0.2) is 0 Å². The summed E-state index contributed by atoms with van der Waals surface area (Å²) in [7, 11) is 2.19. The van der Waals surface area contributed by atoms with Crippen LogP contribution in [0.5, 0.6) is 0 Å². The Morgan fingerprint density at radius 3 is 1.82 bits per heavy atom. The molecule has 39 heavy (non-hydrogen) atoms. The molecule has 1 heteroatoms. The zero-order valence-electron chi connectivity index (χ0n) is 21.8. The fraction of sp³-hybridized carbons (Fsp3) is 0.0526. The van der Waals surface area contributed by atoms with Crippen LogP contribution in [0.2, 0.25) is 0 Å². The summed E-state index contributed by atoms with van der Waals surface area (Å²) in [5.41, 5.74) is 12.6. The third-order valence-electron chi connectivity index (χ3n) is 8.70. The highest BCUT2D eigenvalue weighted by Gasteiger charge is 2.46. The Bertz CT molecular complexity index is 1970. The number of hydrogen-bond acceptors (Lipinski definition) is 0. The van der Waals surface area contributed by atoms with E-state index in [1.165, 1.54) is 66.3 Å². The minimum atomic E-state index is -0.392. The Morgan fingerprint density at radius 2 is 1.05 bits per heavy atom. The van der Waals surface area contributed by atoms with E-state index < -0.39 is 5.41 Å². The van der Waals surface area contributed by atoms with Crippen LogP contribution >= 0.6 is 0 Å². The molecule has 0 amide bonds. The average molecular weight is 498 g/mol. The first-order valence-electron chi connectivity index (χ1n) is 13.6. The van der Waals surface area contributed by atoms with Crippen LogP contribution in [0.1, 0.15) is 22.3 Å². The Balaban J connectivity index is 1.48. The van der Waals surface area contributed by atoms with Crippen molar-refractivity contribution in [1.29, 1.82) is 0 Å². The molecule has 6 aromatic carbocycles. The van der Waals surface area contributed by atoms with Crippen LogP contribution < -0.4 is 0 Å². The van der Waals surface area contributed by atoms with Crippen molar-refractivity contribution in [3.63, 3.8) is 0 Å². The molecule has 1 aliphatic carbocycles. The lowest BCUT2D eigenvalue weighted by molar-refractivity contribution is 0.769. The molecule has 184 valence electrons. The summed E-state index contributed by atoms with van der Waals surface area (Å²) in [6.07, 6.45) is 0. The van der Waals surface area contributed by atoms with Crippen molar-refractivity contribution in [1.82, 2.24) is 4.57 Å². The van der Waals surface area contributed by atoms with Crippen LogP contribution in [0, 0.1) is 0 Å². The second kappa shape index (κ2) is 8.31. The van der Waals surface area contributed by atoms with E-state index in [4.69, 9.17) is 0 Å². The van der Waals surface area contributed by atoms with Crippen LogP contribution in [-0.2, 0) is 12.5 Å². The molecule has 0 aliphatic heterocycles. The van der Waals surface area contributed by atoms with Crippen molar-refractivity contribution in [2.24, 2.45) is 7.05 Å². The molecule has 0 fully saturated rings. The summed E-state index contributed by atoms with van der Waals surface area (Å²) in [5.74, 6) is 0. The van der Waals surface area contributed by atoms with Gasteiger partial charge in [0, 0.05) is 28.9 Å². The van der Waals surface area contributed by atoms with Crippen molar-refractivity contribution in [2.75, 3.05) is 0 Å². The lowest BCUT2D eigenvalue weighted by Crippen LogP contribution is -2.28. The molecular weight excluding hydrogens is 470 g/mol. The smallest absolute Gasteiger partial charge is 0.0713 e. The summed E-state index contributed by atoms with van der Waals surface area (Å²) in [6, 6.07) is 53.6. The molecule has 0 saturated heterocycles. The Hall–Kier alpha value is -4.88. The van der Waals surface area contributed by atoms with Gasteiger partial charge in [0.05, 0.1) is 10.9 Å². The maximum absolute atomic E-state index is 2.46. The molecule has 0 N–H and O–H groups in total. The summed E-state index contributed by atoms with van der Waals surface area (Å²) < 4.78 is 2.35. The third-order valence-corrected chi connectivity index (χ3v) is 8.70. The fourth-order valence-electron chi connectivity index (χ4n) is 7.08. The minimum Gasteiger partial charge on any atom is -0.343 e. The molecule has 7 aromatic rings. The van der Waals surface area contributed by atoms with Gasteiger partial charge in [-0.15, -0.1) is 0 Å². The van der Waals surface area contributed by atoms with Gasteiger partial charge in [0.25, 0.3) is 0 Å². The number of nitrogens with zero attached hydrogens (tertiary/aromatic N) is 1. The molecule has 0 spiro atoms. The molecule has 1 aliphatic rings. The van der Waals surface area contributed by atoms with E-state index >= 15 is 0 Å². The van der Waals surface area contributed by atoms with E-state index in [1.54, 1.807) is 0 Å². The Morgan fingerprint density at radius 1 is 0.462 bits per heavy atom. The van der Waals surface area contributed by atoms with Gasteiger partial charge >= 0.3 is 0 Å². The van der Waals surface area contributed by atoms with Crippen LogP contribution in [0.15, 0.2) is 146 Å². The van der Waals surface area contributed by atoms with E-state index in [0.29, 0.717) is 0 Å². The highest BCUT2D eigenvalue weighted by atomic mass is 14.9. The molecule has 0 saturated carbocycles. The Labute approximate surface area is 228 Å². The minimum absolute atomic E-state index is 0.392. The van der Waals surface area contributed by atoms with E-state index in [1.807, 2.05) is 0 Å². The standard InChI is InChI=1S/C38H27N/c1-39-36-22-11-9-18-32(36)33-20-12-19-29(37(33)39)26-23-24-31-30-17-8-10-21-34(30)38(35(31)25-26,27-13-4-2-5-14-27)28-15-6-3-7-16-28/h2-25H,1H3. The fourth-order valence-corrected chi connectivity index (χ4v) is 7.08. The molecular formula is C38H27N. The first-order valence-corrected chi connectivity index (χ1v) is 13.6. The second-order valence-corrected chi connectivity index (χ2v) is 10.6. The van der Waals surface area contributed by atoms with Crippen LogP contribution in [0.25, 0.3) is 44.1 Å². The van der Waals surface area contributed by atoms with E-state index in [-0.39, 0.29) is 0 Å². The topological polar surface area (TPSA) is 4.93 Å². The van der Waals surface area contributed by atoms with Gasteiger partial charge in [-0.1, -0.05) is 133 Å². The van der Waals surface area contributed by atoms with Gasteiger partial charge in [-0.2, -0.15) is 0 Å². The van der Waals surface area contributed by atoms with Gasteiger partial charge in [0.15, 0.2) is 0 Å². The Kier molecular flexibility index (Phi) is 4.72. The number of rotatable bonds is 3. The number of fused-ring (bicyclic) bond motifs is 6. The number of hydrogen-bond donors (Lipinski definition) is 0. The quantitative estimate of drug-likeness (QED) is 0.229. The lowest BCUT2D eigenvalue weighted by Gasteiger charge is -2.34. The predicted molar refractivity (Wildman–Crippen MR) is 163 cm³/mol. The largest absolute Gasteiger partial charge is 0.343 e. The van der Waals surface area contributed by atoms with Gasteiger partial charge in [0.1, 0.15) is 0 Å². The third kappa shape index (κ3) is 2.96. The highest BCUT2D eigenvalue weighted by Crippen LogP contribution is 2.56. The van der Waals surface area contributed by atoms with E-state index in [0.717, 1.165) is 0 Å². The average Bonchev–Trinajstić information content (AvgIpc) is 3.48. The molecule has 0 radical (unpaired) electrons. The maximum atomic E-state index is 2.46. The normalized spacial score (nSPS) is 13.5. The number of aryl methyl sites for hydroxylation is 1. The first-order chi connectivity index (χ1) is 19.3. The molecule has 8 rings (SSSR count). The number of aromatic nitrogens is 1. The van der Waals surface area contributed by atoms with Crippen molar-refractivity contribution in [2.45, 2.75) is 5.41 Å². The van der Waals surface area contributed by atoms with Crippen molar-refractivity contribution in [3.8, 4) is 22.3 Å². The summed E-state index contributed by atoms with van der Waals surface area (Å²) in [5, 5.41) is 2.60. The van der Waals surface area contributed by atoms with Crippen molar-refractivity contribution >= 4 is 21.8 Å². The van der Waals surface area contributed by atoms with Crippen LogP contribution in [-0.4, -0.2) is 4.57 Å². The SMILES string of the molecule is Cn1c2ccccc2c2cccc(-c3ccc4c(c3)C(c3ccccc3)(c3ccccc3)c3ccccc3-4)c21. The van der Waals surface area contributed by atoms with Gasteiger partial charge in [-0.05, 0) is 51.1 Å². The van der Waals surface area contributed by atoms with Gasteiger partial charge in [-0.3, -0.25) is 0 Å². The monoisotopic (exact) mass is 497 g/mol. The van der Waals surface area contributed by atoms with E-state index in [9.17, 15) is 0 Å². The van der Waals surface area contributed by atoms with Crippen molar-refractivity contribution < 1.29 is 0 Å². The lowest BCUT2D eigenvalue weighted by atomic mass is 9.67. The van der Waals surface area contributed by atoms with Crippen LogP contribution in [0.3, 0.4) is 0 Å². The molecule has 1 heterocycles. The molecule has 0 bridgehead atoms. The van der Waals surface area contributed by atoms with Gasteiger partial charge in [0.2, 0.25) is 0 Å². The summed E-state index contributed by atoms with van der Waals surface area (Å²) in [6.45, 7) is 0. The predicted octanol–water partition coefficient (Wildman–Crippen LogP) is 9.36. The molecule has 0 atom stereocenters. The summed E-state index contributed by atoms with van der Waals surface area (Å²) in [4.78, 5) is 0. The number of para-hydroxylation sites is 2. The van der Waals surface area contributed by atoms with E-state index in [2.05, 4.69) is 157 Å². The zero-order valence-corrected chi connectivity index (χ0v) is 21.8. The summed E-state index contributed by atoms with van der Waals surface area (Å²) >= 11 is 0. The molecule has 0 unspecified atom stereocenters. The molecule has 1 aromatic heterocycles.